The van der Waals surface area contributed by atoms with Gasteiger partial charge in [-0.15, -0.1) is 0 Å². The number of carbonyl (C=O) groups excluding carboxylic acids is 1. The summed E-state index contributed by atoms with van der Waals surface area (Å²) in [6.07, 6.45) is 1.65. The number of esters is 1. The molecule has 0 spiro atoms. The van der Waals surface area contributed by atoms with Crippen molar-refractivity contribution < 1.29 is 14.3 Å². The molecule has 0 aliphatic carbocycles. The molecule has 0 aliphatic rings. The quantitative estimate of drug-likeness (QED) is 0.326. The minimum atomic E-state index is -0.783. The molecule has 36 heavy (non-hydrogen) atoms. The van der Waals surface area contributed by atoms with Crippen molar-refractivity contribution in [3.05, 3.63) is 91.7 Å². The van der Waals surface area contributed by atoms with Crippen molar-refractivity contribution >= 4 is 40.5 Å². The van der Waals surface area contributed by atoms with Crippen LogP contribution < -0.4 is 21.4 Å². The molecule has 10 nitrogen and oxygen atoms in total. The lowest BCUT2D eigenvalue weighted by atomic mass is 10.2. The smallest absolute Gasteiger partial charge is 0.354 e. The van der Waals surface area contributed by atoms with E-state index in [1.54, 1.807) is 61.7 Å². The van der Waals surface area contributed by atoms with Crippen molar-refractivity contribution in [1.29, 1.82) is 0 Å². The van der Waals surface area contributed by atoms with E-state index < -0.39 is 23.3 Å². The van der Waals surface area contributed by atoms with E-state index in [9.17, 15) is 14.4 Å². The number of nitrogens with zero attached hydrogens (tertiary/aromatic N) is 4. The first kappa shape index (κ1) is 25.1. The summed E-state index contributed by atoms with van der Waals surface area (Å²) >= 11 is 7.36. The van der Waals surface area contributed by atoms with Crippen LogP contribution in [-0.4, -0.2) is 32.2 Å². The predicted molar refractivity (Wildman–Crippen MR) is 136 cm³/mol. The number of benzene rings is 2. The van der Waals surface area contributed by atoms with Crippen LogP contribution in [-0.2, 0) is 22.6 Å². The van der Waals surface area contributed by atoms with Crippen LogP contribution in [0.5, 0.6) is 10.9 Å². The number of carbonyl (C=O) groups is 1. The van der Waals surface area contributed by atoms with Crippen LogP contribution in [0, 0.1) is 5.92 Å². The normalized spacial score (nSPS) is 11.6. The zero-order valence-corrected chi connectivity index (χ0v) is 21.0. The van der Waals surface area contributed by atoms with Crippen LogP contribution in [0.1, 0.15) is 12.5 Å². The minimum absolute atomic E-state index is 0.0514. The molecule has 12 heteroatoms. The summed E-state index contributed by atoms with van der Waals surface area (Å²) in [6, 6.07) is 13.9. The number of ether oxygens (including phenoxy) is 2. The Kier molecular flexibility index (Phi) is 7.81. The molecule has 0 unspecified atom stereocenters. The molecule has 0 amide bonds. The van der Waals surface area contributed by atoms with Crippen LogP contribution in [0.15, 0.2) is 69.7 Å². The van der Waals surface area contributed by atoms with Crippen molar-refractivity contribution in [3.63, 3.8) is 0 Å². The standard InChI is InChI=1S/C24H22ClN5O5S/c1-15(20(31)34-2)13-30-22(32)28-21(29(24(30)33)14-16-3-5-17(25)6-4-16)27-18-7-9-19(10-8-18)35-23-26-11-12-36-23/h3-12,15H,13-14H2,1-2H3,(H,27,28,32)/t15-/m0/s1. The van der Waals surface area contributed by atoms with E-state index >= 15 is 0 Å². The van der Waals surface area contributed by atoms with E-state index in [0.29, 0.717) is 21.7 Å². The van der Waals surface area contributed by atoms with Crippen molar-refractivity contribution in [3.8, 4) is 10.9 Å². The van der Waals surface area contributed by atoms with E-state index in [-0.39, 0.29) is 19.0 Å². The van der Waals surface area contributed by atoms with Gasteiger partial charge in [0.05, 0.1) is 19.6 Å². The highest BCUT2D eigenvalue weighted by atomic mass is 35.5. The number of aromatic nitrogens is 4. The van der Waals surface area contributed by atoms with E-state index in [1.165, 1.54) is 23.0 Å². The predicted octanol–water partition coefficient (Wildman–Crippen LogP) is 3.91. The molecule has 4 aromatic rings. The summed E-state index contributed by atoms with van der Waals surface area (Å²) in [5.74, 6) is -0.618. The van der Waals surface area contributed by atoms with Crippen molar-refractivity contribution in [1.82, 2.24) is 19.1 Å². The number of thiazole rings is 1. The van der Waals surface area contributed by atoms with Gasteiger partial charge in [0.15, 0.2) is 0 Å². The molecule has 0 saturated carbocycles. The maximum atomic E-state index is 13.4. The van der Waals surface area contributed by atoms with Crippen molar-refractivity contribution in [2.24, 2.45) is 5.92 Å². The topological polar surface area (TPSA) is 117 Å². The van der Waals surface area contributed by atoms with Crippen molar-refractivity contribution in [2.75, 3.05) is 12.4 Å². The van der Waals surface area contributed by atoms with E-state index in [1.807, 2.05) is 5.38 Å². The van der Waals surface area contributed by atoms with Gasteiger partial charge in [-0.3, -0.25) is 9.36 Å². The van der Waals surface area contributed by atoms with Gasteiger partial charge in [-0.05, 0) is 42.0 Å². The SMILES string of the molecule is COC(=O)[C@@H](C)Cn1c(=O)nc(Nc2ccc(Oc3nccs3)cc2)n(Cc2ccc(Cl)cc2)c1=O. The van der Waals surface area contributed by atoms with Gasteiger partial charge in [-0.2, -0.15) is 4.98 Å². The summed E-state index contributed by atoms with van der Waals surface area (Å²) in [4.78, 5) is 46.2. The second-order valence-electron chi connectivity index (χ2n) is 7.80. The number of anilines is 2. The van der Waals surface area contributed by atoms with E-state index in [2.05, 4.69) is 15.3 Å². The molecule has 0 saturated heterocycles. The fourth-order valence-electron chi connectivity index (χ4n) is 3.34. The second-order valence-corrected chi connectivity index (χ2v) is 9.09. The maximum absolute atomic E-state index is 13.4. The molecule has 2 heterocycles. The second kappa shape index (κ2) is 11.2. The monoisotopic (exact) mass is 527 g/mol. The average molecular weight is 528 g/mol. The molecule has 2 aromatic carbocycles. The zero-order valence-electron chi connectivity index (χ0n) is 19.4. The Morgan fingerprint density at radius 1 is 1.11 bits per heavy atom. The van der Waals surface area contributed by atoms with Crippen molar-refractivity contribution in [2.45, 2.75) is 20.0 Å². The minimum Gasteiger partial charge on any atom is -0.469 e. The Bertz CT molecular complexity index is 1450. The Morgan fingerprint density at radius 3 is 2.47 bits per heavy atom. The van der Waals surface area contributed by atoms with Crippen LogP contribution in [0.3, 0.4) is 0 Å². The van der Waals surface area contributed by atoms with E-state index in [0.717, 1.165) is 10.1 Å². The number of nitrogens with one attached hydrogen (secondary N) is 1. The molecule has 1 atom stereocenters. The molecule has 0 fully saturated rings. The molecule has 0 radical (unpaired) electrons. The van der Waals surface area contributed by atoms with Crippen LogP contribution in [0.4, 0.5) is 11.6 Å². The molecule has 186 valence electrons. The zero-order chi connectivity index (χ0) is 25.7. The van der Waals surface area contributed by atoms with Gasteiger partial charge in [0.2, 0.25) is 5.95 Å². The van der Waals surface area contributed by atoms with Crippen LogP contribution in [0.2, 0.25) is 5.02 Å². The third-order valence-electron chi connectivity index (χ3n) is 5.19. The summed E-state index contributed by atoms with van der Waals surface area (Å²) in [6.45, 7) is 1.52. The lowest BCUT2D eigenvalue weighted by molar-refractivity contribution is -0.145. The summed E-state index contributed by atoms with van der Waals surface area (Å²) < 4.78 is 12.6. The summed E-state index contributed by atoms with van der Waals surface area (Å²) in [5, 5.41) is 5.92. The molecule has 2 aromatic heterocycles. The van der Waals surface area contributed by atoms with Crippen LogP contribution in [0.25, 0.3) is 0 Å². The Hall–Kier alpha value is -3.96. The largest absolute Gasteiger partial charge is 0.469 e. The first-order chi connectivity index (χ1) is 17.3. The first-order valence-corrected chi connectivity index (χ1v) is 12.1. The highest BCUT2D eigenvalue weighted by Crippen LogP contribution is 2.25. The summed E-state index contributed by atoms with van der Waals surface area (Å²) in [5.41, 5.74) is -0.0515. The Balaban J connectivity index is 1.67. The lowest BCUT2D eigenvalue weighted by Gasteiger charge is -2.17. The van der Waals surface area contributed by atoms with Gasteiger partial charge in [0.1, 0.15) is 5.75 Å². The molecule has 0 aliphatic heterocycles. The molecule has 4 rings (SSSR count). The van der Waals surface area contributed by atoms with Gasteiger partial charge < -0.3 is 14.8 Å². The first-order valence-electron chi connectivity index (χ1n) is 10.8. The number of hydrogen-bond acceptors (Lipinski definition) is 9. The highest BCUT2D eigenvalue weighted by molar-refractivity contribution is 7.11. The third-order valence-corrected chi connectivity index (χ3v) is 6.09. The molecular weight excluding hydrogens is 506 g/mol. The Labute approximate surface area is 214 Å². The van der Waals surface area contributed by atoms with Gasteiger partial charge in [0, 0.05) is 28.8 Å². The average Bonchev–Trinajstić information content (AvgIpc) is 3.39. The van der Waals surface area contributed by atoms with Crippen LogP contribution >= 0.6 is 22.9 Å². The number of rotatable bonds is 9. The van der Waals surface area contributed by atoms with Gasteiger partial charge in [-0.1, -0.05) is 42.0 Å². The fraction of sp³-hybridized carbons (Fsp3) is 0.208. The molecular formula is C24H22ClN5O5S. The maximum Gasteiger partial charge on any atom is 0.354 e. The molecule has 1 N–H and O–H groups in total. The highest BCUT2D eigenvalue weighted by Gasteiger charge is 2.20. The van der Waals surface area contributed by atoms with E-state index in [4.69, 9.17) is 21.1 Å². The number of methoxy groups -OCH3 is 1. The third kappa shape index (κ3) is 5.99. The number of halogens is 1. The number of hydrogen-bond donors (Lipinski definition) is 1. The summed E-state index contributed by atoms with van der Waals surface area (Å²) in [7, 11) is 1.25. The van der Waals surface area contributed by atoms with Gasteiger partial charge in [-0.25, -0.2) is 19.1 Å². The molecule has 0 bridgehead atoms. The lowest BCUT2D eigenvalue weighted by Crippen LogP contribution is -2.44. The van der Waals surface area contributed by atoms with Gasteiger partial charge in [0.25, 0.3) is 5.19 Å². The fourth-order valence-corrected chi connectivity index (χ4v) is 3.97. The van der Waals surface area contributed by atoms with Gasteiger partial charge >= 0.3 is 17.3 Å². The Morgan fingerprint density at radius 2 is 1.83 bits per heavy atom.